The molecule has 0 bridgehead atoms. The predicted octanol–water partition coefficient (Wildman–Crippen LogP) is 6.43. The summed E-state index contributed by atoms with van der Waals surface area (Å²) in [6.07, 6.45) is 10.6. The molecule has 3 fully saturated rings. The molecule has 0 aromatic heterocycles. The van der Waals surface area contributed by atoms with Crippen molar-refractivity contribution >= 4 is 16.9 Å². The molecule has 1 aromatic carbocycles. The highest BCUT2D eigenvalue weighted by molar-refractivity contribution is 8.14. The van der Waals surface area contributed by atoms with Gasteiger partial charge in [0.05, 0.1) is 0 Å². The van der Waals surface area contributed by atoms with Crippen LogP contribution in [0.15, 0.2) is 36.4 Å². The summed E-state index contributed by atoms with van der Waals surface area (Å²) < 4.78 is 6.60. The summed E-state index contributed by atoms with van der Waals surface area (Å²) in [5, 5.41) is 0.716. The van der Waals surface area contributed by atoms with Gasteiger partial charge < -0.3 is 4.74 Å². The highest BCUT2D eigenvalue weighted by Gasteiger charge is 2.62. The molecule has 0 radical (unpaired) electrons. The second-order valence-electron chi connectivity index (χ2n) is 10.7. The second-order valence-corrected chi connectivity index (χ2v) is 11.9. The van der Waals surface area contributed by atoms with E-state index >= 15 is 0 Å². The van der Waals surface area contributed by atoms with Gasteiger partial charge in [0, 0.05) is 16.1 Å². The van der Waals surface area contributed by atoms with Crippen LogP contribution < -0.4 is 4.74 Å². The third-order valence-electron chi connectivity index (χ3n) is 9.12. The Morgan fingerprint density at radius 2 is 1.83 bits per heavy atom. The van der Waals surface area contributed by atoms with Crippen molar-refractivity contribution in [2.75, 3.05) is 0 Å². The first-order valence-electron chi connectivity index (χ1n) is 11.4. The van der Waals surface area contributed by atoms with E-state index in [1.165, 1.54) is 37.7 Å². The van der Waals surface area contributed by atoms with Crippen LogP contribution in [0.3, 0.4) is 0 Å². The minimum atomic E-state index is 0.174. The Kier molecular flexibility index (Phi) is 4.70. The van der Waals surface area contributed by atoms with Crippen LogP contribution in [0, 0.1) is 41.4 Å². The zero-order chi connectivity index (χ0) is 20.4. The topological polar surface area (TPSA) is 26.3 Å². The molecule has 1 heterocycles. The number of hydrogen-bond donors (Lipinski definition) is 0. The highest BCUT2D eigenvalue weighted by Crippen LogP contribution is 2.66. The van der Waals surface area contributed by atoms with E-state index in [4.69, 9.17) is 4.74 Å². The molecule has 156 valence electrons. The van der Waals surface area contributed by atoms with Crippen molar-refractivity contribution in [1.29, 1.82) is 0 Å². The molecule has 0 amide bonds. The molecule has 8 atom stereocenters. The van der Waals surface area contributed by atoms with Crippen molar-refractivity contribution in [2.45, 2.75) is 71.2 Å². The Bertz CT molecular complexity index is 830. The maximum Gasteiger partial charge on any atom is 0.212 e. The summed E-state index contributed by atoms with van der Waals surface area (Å²) in [5.74, 6) is 3.90. The molecule has 4 aliphatic rings. The lowest BCUT2D eigenvalue weighted by Gasteiger charge is -2.60. The molecule has 5 rings (SSSR count). The van der Waals surface area contributed by atoms with Crippen LogP contribution in [0.25, 0.3) is 0 Å². The standard InChI is InChI=1S/C26H34O2S/c1-16-5-7-18(8-6-16)28-21-10-9-19-24-17(2)15-22-26(4,14-12-23(27)29-22)20(24)11-13-25(19,21)3/h5-8,12,14,17,19-22,24H,9-11,13,15H2,1-4H3/t17-,19-,20-,21-,22+,24-,25-,26+/m0/s1. The lowest BCUT2D eigenvalue weighted by Crippen LogP contribution is -2.56. The van der Waals surface area contributed by atoms with Crippen molar-refractivity contribution in [3.8, 4) is 5.75 Å². The molecule has 3 saturated carbocycles. The number of rotatable bonds is 2. The number of benzene rings is 1. The smallest absolute Gasteiger partial charge is 0.212 e. The van der Waals surface area contributed by atoms with Crippen LogP contribution in [-0.2, 0) is 4.79 Å². The van der Waals surface area contributed by atoms with Gasteiger partial charge in [-0.25, -0.2) is 0 Å². The first-order chi connectivity index (χ1) is 13.8. The summed E-state index contributed by atoms with van der Waals surface area (Å²) in [6, 6.07) is 8.57. The number of carbonyl (C=O) groups is 1. The SMILES string of the molecule is Cc1ccc(O[C@H]2CC[C@H]3[C@@H]4[C@@H](C)C[C@H]5SC(=O)C=C[C@]5(C)[C@H]4CC[C@]23C)cc1. The van der Waals surface area contributed by atoms with Gasteiger partial charge in [0.15, 0.2) is 0 Å². The number of aryl methyl sites for hydroxylation is 1. The Morgan fingerprint density at radius 3 is 2.59 bits per heavy atom. The summed E-state index contributed by atoms with van der Waals surface area (Å²) in [4.78, 5) is 12.1. The van der Waals surface area contributed by atoms with Crippen molar-refractivity contribution in [2.24, 2.45) is 34.5 Å². The van der Waals surface area contributed by atoms with Gasteiger partial charge in [-0.05, 0) is 80.9 Å². The average Bonchev–Trinajstić information content (AvgIpc) is 3.01. The molecule has 1 aliphatic heterocycles. The van der Waals surface area contributed by atoms with E-state index in [-0.39, 0.29) is 15.9 Å². The van der Waals surface area contributed by atoms with Crippen LogP contribution in [0.4, 0.5) is 0 Å². The first kappa shape index (κ1) is 19.7. The summed E-state index contributed by atoms with van der Waals surface area (Å²) >= 11 is 1.61. The van der Waals surface area contributed by atoms with Crippen LogP contribution in [-0.4, -0.2) is 16.5 Å². The van der Waals surface area contributed by atoms with Gasteiger partial charge in [-0.3, -0.25) is 4.79 Å². The number of allylic oxidation sites excluding steroid dienone is 1. The lowest BCUT2D eigenvalue weighted by atomic mass is 9.47. The number of carbonyl (C=O) groups excluding carboxylic acids is 1. The van der Waals surface area contributed by atoms with Gasteiger partial charge >= 0.3 is 0 Å². The minimum Gasteiger partial charge on any atom is -0.490 e. The van der Waals surface area contributed by atoms with E-state index in [0.29, 0.717) is 23.2 Å². The zero-order valence-corrected chi connectivity index (χ0v) is 19.0. The average molecular weight is 411 g/mol. The van der Waals surface area contributed by atoms with E-state index in [1.54, 1.807) is 11.8 Å². The zero-order valence-electron chi connectivity index (χ0n) is 18.2. The van der Waals surface area contributed by atoms with Crippen LogP contribution in [0.2, 0.25) is 0 Å². The molecule has 0 saturated heterocycles. The second kappa shape index (κ2) is 6.90. The molecule has 3 aliphatic carbocycles. The summed E-state index contributed by atoms with van der Waals surface area (Å²) in [6.45, 7) is 9.53. The first-order valence-corrected chi connectivity index (χ1v) is 12.3. The fourth-order valence-electron chi connectivity index (χ4n) is 7.46. The minimum absolute atomic E-state index is 0.174. The Morgan fingerprint density at radius 1 is 1.07 bits per heavy atom. The monoisotopic (exact) mass is 410 g/mol. The molecule has 1 aromatic rings. The van der Waals surface area contributed by atoms with Gasteiger partial charge in [0.2, 0.25) is 5.12 Å². The molecule has 0 spiro atoms. The summed E-state index contributed by atoms with van der Waals surface area (Å²) in [7, 11) is 0. The van der Waals surface area contributed by atoms with E-state index in [9.17, 15) is 4.79 Å². The van der Waals surface area contributed by atoms with Crippen molar-refractivity contribution in [3.63, 3.8) is 0 Å². The highest BCUT2D eigenvalue weighted by atomic mass is 32.2. The Labute approximate surface area is 179 Å². The van der Waals surface area contributed by atoms with Gasteiger partial charge in [0.25, 0.3) is 0 Å². The van der Waals surface area contributed by atoms with E-state index < -0.39 is 0 Å². The van der Waals surface area contributed by atoms with Gasteiger partial charge in [-0.1, -0.05) is 56.3 Å². The maximum absolute atomic E-state index is 12.1. The van der Waals surface area contributed by atoms with E-state index in [2.05, 4.69) is 58.0 Å². The number of fused-ring (bicyclic) bond motifs is 5. The van der Waals surface area contributed by atoms with Crippen LogP contribution in [0.1, 0.15) is 58.4 Å². The van der Waals surface area contributed by atoms with Crippen molar-refractivity contribution in [3.05, 3.63) is 42.0 Å². The Hall–Kier alpha value is -1.22. The van der Waals surface area contributed by atoms with Crippen LogP contribution >= 0.6 is 11.8 Å². The molecule has 0 N–H and O–H groups in total. The van der Waals surface area contributed by atoms with Crippen molar-refractivity contribution in [1.82, 2.24) is 0 Å². The maximum atomic E-state index is 12.1. The fourth-order valence-corrected chi connectivity index (χ4v) is 8.80. The molecule has 0 unspecified atom stereocenters. The number of hydrogen-bond acceptors (Lipinski definition) is 3. The third kappa shape index (κ3) is 3.02. The normalized spacial score (nSPS) is 46.0. The van der Waals surface area contributed by atoms with Gasteiger partial charge in [0.1, 0.15) is 11.9 Å². The largest absolute Gasteiger partial charge is 0.490 e. The molecule has 3 heteroatoms. The fraction of sp³-hybridized carbons (Fsp3) is 0.654. The van der Waals surface area contributed by atoms with Crippen LogP contribution in [0.5, 0.6) is 5.75 Å². The summed E-state index contributed by atoms with van der Waals surface area (Å²) in [5.41, 5.74) is 1.72. The van der Waals surface area contributed by atoms with Gasteiger partial charge in [-0.15, -0.1) is 0 Å². The Balaban J connectivity index is 1.42. The van der Waals surface area contributed by atoms with Gasteiger partial charge in [-0.2, -0.15) is 0 Å². The quantitative estimate of drug-likeness (QED) is 0.562. The third-order valence-corrected chi connectivity index (χ3v) is 10.5. The van der Waals surface area contributed by atoms with E-state index in [1.807, 2.05) is 6.08 Å². The molecule has 29 heavy (non-hydrogen) atoms. The molecular formula is C26H34O2S. The molecule has 2 nitrogen and oxygen atoms in total. The predicted molar refractivity (Wildman–Crippen MR) is 120 cm³/mol. The van der Waals surface area contributed by atoms with Crippen molar-refractivity contribution < 1.29 is 9.53 Å². The lowest BCUT2D eigenvalue weighted by molar-refractivity contribution is -0.108. The van der Waals surface area contributed by atoms with E-state index in [0.717, 1.165) is 17.6 Å². The molecular weight excluding hydrogens is 376 g/mol. The number of thioether (sulfide) groups is 1. The number of ether oxygens (including phenoxy) is 1.